The fourth-order valence-electron chi connectivity index (χ4n) is 4.22. The van der Waals surface area contributed by atoms with Crippen molar-refractivity contribution in [1.29, 1.82) is 0 Å². The molecule has 1 aliphatic rings. The second kappa shape index (κ2) is 7.21. The van der Waals surface area contributed by atoms with E-state index >= 15 is 0 Å². The van der Waals surface area contributed by atoms with Gasteiger partial charge in [0.2, 0.25) is 6.34 Å². The SMILES string of the molecule is Cc1ccc(CN2C=[N+](Cc3cccc(C)c3)c3cccc4cccc2c34)cc1. The van der Waals surface area contributed by atoms with Gasteiger partial charge in [-0.1, -0.05) is 83.9 Å². The molecule has 5 rings (SSSR count). The Balaban J connectivity index is 1.61. The molecule has 2 nitrogen and oxygen atoms in total. The largest absolute Gasteiger partial charge is 0.245 e. The van der Waals surface area contributed by atoms with Gasteiger partial charge in [-0.25, -0.2) is 9.48 Å². The summed E-state index contributed by atoms with van der Waals surface area (Å²) in [5, 5.41) is 2.62. The van der Waals surface area contributed by atoms with Gasteiger partial charge >= 0.3 is 0 Å². The lowest BCUT2D eigenvalue weighted by molar-refractivity contribution is -0.453. The first-order valence-corrected chi connectivity index (χ1v) is 10.2. The number of benzene rings is 4. The van der Waals surface area contributed by atoms with Crippen LogP contribution >= 0.6 is 0 Å². The zero-order valence-electron chi connectivity index (χ0n) is 17.0. The molecular weight excluding hydrogens is 352 g/mol. The summed E-state index contributed by atoms with van der Waals surface area (Å²) in [7, 11) is 0. The highest BCUT2D eigenvalue weighted by molar-refractivity contribution is 6.06. The van der Waals surface area contributed by atoms with Gasteiger partial charge in [-0.05, 0) is 42.5 Å². The van der Waals surface area contributed by atoms with Crippen LogP contribution in [0.3, 0.4) is 0 Å². The van der Waals surface area contributed by atoms with Crippen LogP contribution in [0.5, 0.6) is 0 Å². The first-order valence-electron chi connectivity index (χ1n) is 10.2. The number of rotatable bonds is 4. The van der Waals surface area contributed by atoms with E-state index in [2.05, 4.69) is 115 Å². The van der Waals surface area contributed by atoms with Crippen molar-refractivity contribution in [2.24, 2.45) is 0 Å². The normalized spacial score (nSPS) is 12.9. The lowest BCUT2D eigenvalue weighted by Gasteiger charge is -2.23. The van der Waals surface area contributed by atoms with E-state index in [1.54, 1.807) is 0 Å². The maximum Gasteiger partial charge on any atom is 0.245 e. The maximum atomic E-state index is 2.39. The van der Waals surface area contributed by atoms with Gasteiger partial charge in [0.15, 0.2) is 0 Å². The van der Waals surface area contributed by atoms with E-state index in [0.29, 0.717) is 0 Å². The molecule has 2 heteroatoms. The second-order valence-corrected chi connectivity index (χ2v) is 8.00. The molecule has 0 fully saturated rings. The van der Waals surface area contributed by atoms with E-state index in [9.17, 15) is 0 Å². The van der Waals surface area contributed by atoms with Gasteiger partial charge < -0.3 is 0 Å². The third-order valence-corrected chi connectivity index (χ3v) is 5.67. The molecule has 0 atom stereocenters. The minimum Gasteiger partial charge on any atom is -0.229 e. The number of anilines is 1. The molecular formula is C27H25N2+. The molecule has 0 saturated carbocycles. The Labute approximate surface area is 172 Å². The van der Waals surface area contributed by atoms with Crippen LogP contribution in [0.15, 0.2) is 84.9 Å². The third-order valence-electron chi connectivity index (χ3n) is 5.67. The molecule has 0 bridgehead atoms. The average Bonchev–Trinajstić information content (AvgIpc) is 2.73. The van der Waals surface area contributed by atoms with Gasteiger partial charge in [0.1, 0.15) is 24.5 Å². The molecule has 4 aromatic carbocycles. The van der Waals surface area contributed by atoms with Gasteiger partial charge in [-0.15, -0.1) is 0 Å². The van der Waals surface area contributed by atoms with Gasteiger partial charge in [-0.3, -0.25) is 0 Å². The summed E-state index contributed by atoms with van der Waals surface area (Å²) in [6.45, 7) is 6.01. The van der Waals surface area contributed by atoms with E-state index in [1.807, 2.05) is 0 Å². The highest BCUT2D eigenvalue weighted by atomic mass is 15.2. The highest BCUT2D eigenvalue weighted by Crippen LogP contribution is 2.38. The molecule has 0 amide bonds. The van der Waals surface area contributed by atoms with Crippen LogP contribution in [-0.4, -0.2) is 10.9 Å². The molecule has 4 aromatic rings. The number of aryl methyl sites for hydroxylation is 2. The predicted molar refractivity (Wildman–Crippen MR) is 122 cm³/mol. The summed E-state index contributed by atoms with van der Waals surface area (Å²) in [5.41, 5.74) is 7.80. The molecule has 1 heterocycles. The van der Waals surface area contributed by atoms with Crippen LogP contribution < -0.4 is 4.90 Å². The fourth-order valence-corrected chi connectivity index (χ4v) is 4.22. The first kappa shape index (κ1) is 17.7. The lowest BCUT2D eigenvalue weighted by Crippen LogP contribution is -2.29. The number of hydrogen-bond donors (Lipinski definition) is 0. The maximum absolute atomic E-state index is 2.39. The molecule has 0 spiro atoms. The molecule has 0 aliphatic carbocycles. The third kappa shape index (κ3) is 3.42. The number of hydrogen-bond acceptors (Lipinski definition) is 1. The lowest BCUT2D eigenvalue weighted by atomic mass is 10.0. The summed E-state index contributed by atoms with van der Waals surface area (Å²) in [6, 6.07) is 30.9. The van der Waals surface area contributed by atoms with Gasteiger partial charge in [0.25, 0.3) is 0 Å². The molecule has 29 heavy (non-hydrogen) atoms. The van der Waals surface area contributed by atoms with Crippen LogP contribution in [0.4, 0.5) is 11.4 Å². The minimum atomic E-state index is 0.859. The smallest absolute Gasteiger partial charge is 0.229 e. The van der Waals surface area contributed by atoms with E-state index in [4.69, 9.17) is 0 Å². The van der Waals surface area contributed by atoms with Crippen molar-refractivity contribution >= 4 is 28.5 Å². The van der Waals surface area contributed by atoms with Crippen molar-refractivity contribution in [1.82, 2.24) is 0 Å². The Morgan fingerprint density at radius 2 is 1.48 bits per heavy atom. The quantitative estimate of drug-likeness (QED) is 0.376. The summed E-state index contributed by atoms with van der Waals surface area (Å²) < 4.78 is 2.39. The van der Waals surface area contributed by atoms with Gasteiger partial charge in [0.05, 0.1) is 5.39 Å². The van der Waals surface area contributed by atoms with E-state index in [-0.39, 0.29) is 0 Å². The van der Waals surface area contributed by atoms with Crippen LogP contribution in [0, 0.1) is 13.8 Å². The summed E-state index contributed by atoms with van der Waals surface area (Å²) in [5.74, 6) is 0. The van der Waals surface area contributed by atoms with Gasteiger partial charge in [0, 0.05) is 0 Å². The zero-order chi connectivity index (χ0) is 19.8. The average molecular weight is 378 g/mol. The Hall–Kier alpha value is -3.39. The van der Waals surface area contributed by atoms with E-state index in [0.717, 1.165) is 13.1 Å². The molecule has 1 aliphatic heterocycles. The van der Waals surface area contributed by atoms with Crippen molar-refractivity contribution < 1.29 is 4.58 Å². The molecule has 0 aromatic heterocycles. The van der Waals surface area contributed by atoms with Crippen molar-refractivity contribution in [3.8, 4) is 0 Å². The second-order valence-electron chi connectivity index (χ2n) is 8.00. The minimum absolute atomic E-state index is 0.859. The van der Waals surface area contributed by atoms with E-state index in [1.165, 1.54) is 44.4 Å². The van der Waals surface area contributed by atoms with Crippen molar-refractivity contribution in [3.05, 3.63) is 107 Å². The Bertz CT molecular complexity index is 1210. The van der Waals surface area contributed by atoms with Crippen LogP contribution in [-0.2, 0) is 13.1 Å². The summed E-state index contributed by atoms with van der Waals surface area (Å²) >= 11 is 0. The van der Waals surface area contributed by atoms with Gasteiger partial charge in [-0.2, -0.15) is 0 Å². The van der Waals surface area contributed by atoms with Crippen molar-refractivity contribution in [2.75, 3.05) is 4.90 Å². The van der Waals surface area contributed by atoms with E-state index < -0.39 is 0 Å². The molecule has 0 unspecified atom stereocenters. The number of nitrogens with zero attached hydrogens (tertiary/aromatic N) is 2. The Morgan fingerprint density at radius 3 is 2.28 bits per heavy atom. The van der Waals surface area contributed by atoms with Crippen molar-refractivity contribution in [2.45, 2.75) is 26.9 Å². The monoisotopic (exact) mass is 377 g/mol. The topological polar surface area (TPSA) is 6.25 Å². The van der Waals surface area contributed by atoms with Crippen LogP contribution in [0.25, 0.3) is 10.8 Å². The standard InChI is InChI=1S/C27H25N2/c1-20-12-14-22(15-13-20)17-28-19-29(18-23-7-3-6-21(2)16-23)26-11-5-9-24-8-4-10-25(28)27(24)26/h3-16,19H,17-18H2,1-2H3/q+1. The Kier molecular flexibility index (Phi) is 4.40. The first-order chi connectivity index (χ1) is 14.2. The summed E-state index contributed by atoms with van der Waals surface area (Å²) in [4.78, 5) is 2.38. The zero-order valence-corrected chi connectivity index (χ0v) is 17.0. The fraction of sp³-hybridized carbons (Fsp3) is 0.148. The molecule has 0 radical (unpaired) electrons. The van der Waals surface area contributed by atoms with Crippen molar-refractivity contribution in [3.63, 3.8) is 0 Å². The highest BCUT2D eigenvalue weighted by Gasteiger charge is 2.26. The summed E-state index contributed by atoms with van der Waals surface area (Å²) in [6.07, 6.45) is 2.28. The Morgan fingerprint density at radius 1 is 0.724 bits per heavy atom. The van der Waals surface area contributed by atoms with Crippen LogP contribution in [0.2, 0.25) is 0 Å². The molecule has 0 N–H and O–H groups in total. The van der Waals surface area contributed by atoms with Crippen LogP contribution in [0.1, 0.15) is 22.3 Å². The molecule has 142 valence electrons. The predicted octanol–water partition coefficient (Wildman–Crippen LogP) is 6.35. The molecule has 0 saturated heterocycles.